The molecule has 0 aliphatic carbocycles. The molecule has 0 aromatic carbocycles. The van der Waals surface area contributed by atoms with Crippen LogP contribution in [-0.2, 0) is 13.6 Å². The van der Waals surface area contributed by atoms with E-state index >= 15 is 0 Å². The van der Waals surface area contributed by atoms with Gasteiger partial charge in [0.15, 0.2) is 0 Å². The summed E-state index contributed by atoms with van der Waals surface area (Å²) in [4.78, 5) is 14.0. The van der Waals surface area contributed by atoms with Crippen molar-refractivity contribution in [3.63, 3.8) is 0 Å². The Morgan fingerprint density at radius 1 is 1.28 bits per heavy atom. The number of likely N-dealkylation sites (tertiary alicyclic amines) is 1. The van der Waals surface area contributed by atoms with Crippen molar-refractivity contribution in [2.45, 2.75) is 39.2 Å². The number of nitrogens with zero attached hydrogens (tertiary/aromatic N) is 7. The van der Waals surface area contributed by atoms with Crippen LogP contribution >= 0.6 is 0 Å². The molecule has 8 nitrogen and oxygen atoms in total. The zero-order valence-corrected chi connectivity index (χ0v) is 17.9. The smallest absolute Gasteiger partial charge is 0.225 e. The van der Waals surface area contributed by atoms with Gasteiger partial charge < -0.3 is 9.42 Å². The van der Waals surface area contributed by atoms with Crippen molar-refractivity contribution in [2.75, 3.05) is 32.1 Å². The Kier molecular flexibility index (Phi) is 5.36. The summed E-state index contributed by atoms with van der Waals surface area (Å²) in [6, 6.07) is 2.09. The van der Waals surface area contributed by atoms with Crippen molar-refractivity contribution in [3.8, 4) is 11.1 Å². The molecule has 1 aliphatic heterocycles. The lowest BCUT2D eigenvalue weighted by Crippen LogP contribution is -2.34. The second-order valence-corrected chi connectivity index (χ2v) is 8.12. The van der Waals surface area contributed by atoms with E-state index in [1.165, 1.54) is 0 Å². The molecule has 0 bridgehead atoms. The SMILES string of the molecule is Cc1noc(C)c1-c1cnc(N(C)C)nc1[C@@H]1CCCN(Cc2ccn(C)n2)C1. The van der Waals surface area contributed by atoms with Crippen molar-refractivity contribution >= 4 is 5.95 Å². The van der Waals surface area contributed by atoms with E-state index < -0.39 is 0 Å². The number of hydrogen-bond donors (Lipinski definition) is 0. The molecular formula is C21H29N7O. The summed E-state index contributed by atoms with van der Waals surface area (Å²) in [6.07, 6.45) is 6.18. The predicted octanol–water partition coefficient (Wildman–Crippen LogP) is 2.93. The van der Waals surface area contributed by atoms with E-state index in [-0.39, 0.29) is 0 Å². The highest BCUT2D eigenvalue weighted by Crippen LogP contribution is 2.36. The minimum atomic E-state index is 0.331. The first-order chi connectivity index (χ1) is 13.9. The second-order valence-electron chi connectivity index (χ2n) is 8.12. The minimum absolute atomic E-state index is 0.331. The monoisotopic (exact) mass is 395 g/mol. The molecule has 154 valence electrons. The maximum absolute atomic E-state index is 5.44. The Balaban J connectivity index is 1.67. The van der Waals surface area contributed by atoms with E-state index in [0.29, 0.717) is 5.92 Å². The van der Waals surface area contributed by atoms with Crippen LogP contribution in [0.3, 0.4) is 0 Å². The quantitative estimate of drug-likeness (QED) is 0.657. The van der Waals surface area contributed by atoms with Gasteiger partial charge in [0.05, 0.1) is 22.6 Å². The highest BCUT2D eigenvalue weighted by molar-refractivity contribution is 5.70. The summed E-state index contributed by atoms with van der Waals surface area (Å²) >= 11 is 0. The lowest BCUT2D eigenvalue weighted by atomic mass is 9.89. The number of aromatic nitrogens is 5. The van der Waals surface area contributed by atoms with Crippen LogP contribution in [0.15, 0.2) is 23.0 Å². The maximum Gasteiger partial charge on any atom is 0.225 e. The molecule has 0 amide bonds. The normalized spacial score (nSPS) is 17.6. The summed E-state index contributed by atoms with van der Waals surface area (Å²) in [5, 5.41) is 8.69. The number of rotatable bonds is 5. The molecule has 3 aromatic rings. The summed E-state index contributed by atoms with van der Waals surface area (Å²) in [6.45, 7) is 6.83. The third-order valence-electron chi connectivity index (χ3n) is 5.55. The van der Waals surface area contributed by atoms with Gasteiger partial charge in [-0.05, 0) is 39.3 Å². The highest BCUT2D eigenvalue weighted by Gasteiger charge is 2.28. The molecule has 0 N–H and O–H groups in total. The van der Waals surface area contributed by atoms with Gasteiger partial charge in [0, 0.05) is 58.1 Å². The fraction of sp³-hybridized carbons (Fsp3) is 0.524. The Bertz CT molecular complexity index is 971. The molecule has 1 aliphatic rings. The second kappa shape index (κ2) is 7.94. The van der Waals surface area contributed by atoms with Gasteiger partial charge in [-0.3, -0.25) is 9.58 Å². The van der Waals surface area contributed by atoms with E-state index in [2.05, 4.69) is 26.2 Å². The van der Waals surface area contributed by atoms with Crippen LogP contribution in [0.2, 0.25) is 0 Å². The molecule has 4 heterocycles. The van der Waals surface area contributed by atoms with E-state index in [1.54, 1.807) is 0 Å². The molecule has 1 saturated heterocycles. The maximum atomic E-state index is 5.44. The van der Waals surface area contributed by atoms with E-state index in [1.807, 2.05) is 57.0 Å². The first kappa shape index (κ1) is 19.6. The van der Waals surface area contributed by atoms with Crippen LogP contribution in [0.5, 0.6) is 0 Å². The van der Waals surface area contributed by atoms with Gasteiger partial charge in [-0.15, -0.1) is 0 Å². The third kappa shape index (κ3) is 4.03. The predicted molar refractivity (Wildman–Crippen MR) is 112 cm³/mol. The van der Waals surface area contributed by atoms with E-state index in [9.17, 15) is 0 Å². The Hall–Kier alpha value is -2.74. The molecule has 0 spiro atoms. The third-order valence-corrected chi connectivity index (χ3v) is 5.55. The molecule has 4 rings (SSSR count). The van der Waals surface area contributed by atoms with Crippen LogP contribution in [0.1, 0.15) is 41.6 Å². The lowest BCUT2D eigenvalue weighted by molar-refractivity contribution is 0.196. The van der Waals surface area contributed by atoms with Gasteiger partial charge in [0.1, 0.15) is 5.76 Å². The Morgan fingerprint density at radius 2 is 2.10 bits per heavy atom. The fourth-order valence-electron chi connectivity index (χ4n) is 4.17. The standard InChI is InChI=1S/C21H29N7O/c1-14-19(15(2)29-25-14)18-11-22-21(26(3)4)23-20(18)16-7-6-9-28(12-16)13-17-8-10-27(5)24-17/h8,10-11,16H,6-7,9,12-13H2,1-5H3/t16-/m1/s1. The van der Waals surface area contributed by atoms with Crippen molar-refractivity contribution in [3.05, 3.63) is 41.3 Å². The first-order valence-electron chi connectivity index (χ1n) is 10.1. The molecule has 0 unspecified atom stereocenters. The number of anilines is 1. The summed E-state index contributed by atoms with van der Waals surface area (Å²) in [5.41, 5.74) is 5.13. The van der Waals surface area contributed by atoms with Crippen molar-refractivity contribution < 1.29 is 4.52 Å². The van der Waals surface area contributed by atoms with Crippen LogP contribution in [0, 0.1) is 13.8 Å². The van der Waals surface area contributed by atoms with Gasteiger partial charge in [-0.1, -0.05) is 5.16 Å². The van der Waals surface area contributed by atoms with Crippen molar-refractivity contribution in [1.82, 2.24) is 29.8 Å². The topological polar surface area (TPSA) is 76.1 Å². The zero-order valence-electron chi connectivity index (χ0n) is 17.9. The average Bonchev–Trinajstić information content (AvgIpc) is 3.26. The summed E-state index contributed by atoms with van der Waals surface area (Å²) < 4.78 is 7.30. The van der Waals surface area contributed by atoms with Crippen LogP contribution in [-0.4, -0.2) is 57.0 Å². The number of hydrogen-bond acceptors (Lipinski definition) is 7. The minimum Gasteiger partial charge on any atom is -0.361 e. The van der Waals surface area contributed by atoms with Gasteiger partial charge in [-0.2, -0.15) is 5.10 Å². The molecule has 1 fully saturated rings. The Morgan fingerprint density at radius 3 is 2.76 bits per heavy atom. The van der Waals surface area contributed by atoms with Crippen molar-refractivity contribution in [2.24, 2.45) is 7.05 Å². The molecule has 1 atom stereocenters. The number of piperidine rings is 1. The lowest BCUT2D eigenvalue weighted by Gasteiger charge is -2.33. The summed E-state index contributed by atoms with van der Waals surface area (Å²) in [7, 11) is 5.91. The van der Waals surface area contributed by atoms with Gasteiger partial charge in [0.2, 0.25) is 5.95 Å². The summed E-state index contributed by atoms with van der Waals surface area (Å²) in [5.74, 6) is 1.88. The Labute approximate surface area is 171 Å². The largest absolute Gasteiger partial charge is 0.361 e. The molecule has 0 radical (unpaired) electrons. The van der Waals surface area contributed by atoms with Gasteiger partial charge in [0.25, 0.3) is 0 Å². The molecule has 3 aromatic heterocycles. The average molecular weight is 396 g/mol. The molecule has 8 heteroatoms. The molecule has 29 heavy (non-hydrogen) atoms. The highest BCUT2D eigenvalue weighted by atomic mass is 16.5. The fourth-order valence-corrected chi connectivity index (χ4v) is 4.17. The van der Waals surface area contributed by atoms with E-state index in [4.69, 9.17) is 9.51 Å². The van der Waals surface area contributed by atoms with E-state index in [0.717, 1.165) is 72.4 Å². The van der Waals surface area contributed by atoms with Crippen LogP contribution in [0.25, 0.3) is 11.1 Å². The van der Waals surface area contributed by atoms with Gasteiger partial charge in [-0.25, -0.2) is 9.97 Å². The molecule has 0 saturated carbocycles. The zero-order chi connectivity index (χ0) is 20.5. The van der Waals surface area contributed by atoms with Crippen molar-refractivity contribution in [1.29, 1.82) is 0 Å². The van der Waals surface area contributed by atoms with Crippen LogP contribution < -0.4 is 4.90 Å². The first-order valence-corrected chi connectivity index (χ1v) is 10.1. The number of aryl methyl sites for hydroxylation is 3. The van der Waals surface area contributed by atoms with Gasteiger partial charge >= 0.3 is 0 Å². The van der Waals surface area contributed by atoms with Crippen LogP contribution in [0.4, 0.5) is 5.95 Å². The molecular weight excluding hydrogens is 366 g/mol.